The van der Waals surface area contributed by atoms with E-state index in [1.165, 1.54) is 0 Å². The molecule has 1 aliphatic heterocycles. The predicted molar refractivity (Wildman–Crippen MR) is 87.5 cm³/mol. The number of carbonyl (C=O) groups is 1. The highest BCUT2D eigenvalue weighted by Crippen LogP contribution is 2.17. The van der Waals surface area contributed by atoms with Crippen LogP contribution in [-0.4, -0.2) is 41.6 Å². The molecule has 0 bridgehead atoms. The van der Waals surface area contributed by atoms with Gasteiger partial charge in [-0.25, -0.2) is 0 Å². The lowest BCUT2D eigenvalue weighted by Crippen LogP contribution is -2.39. The highest BCUT2D eigenvalue weighted by Gasteiger charge is 2.24. The first-order chi connectivity index (χ1) is 10.1. The summed E-state index contributed by atoms with van der Waals surface area (Å²) >= 11 is 4.93. The van der Waals surface area contributed by atoms with E-state index in [2.05, 4.69) is 0 Å². The van der Waals surface area contributed by atoms with Crippen molar-refractivity contribution in [3.8, 4) is 0 Å². The Bertz CT molecular complexity index is 513. The van der Waals surface area contributed by atoms with Crippen molar-refractivity contribution in [1.82, 2.24) is 4.90 Å². The molecule has 1 aromatic carbocycles. The molecule has 1 saturated heterocycles. The fourth-order valence-corrected chi connectivity index (χ4v) is 2.63. The molecule has 0 saturated carbocycles. The minimum absolute atomic E-state index is 0.0276. The average Bonchev–Trinajstić information content (AvgIpc) is 2.96. The van der Waals surface area contributed by atoms with Crippen LogP contribution in [-0.2, 0) is 4.74 Å². The molecule has 1 aromatic rings. The van der Waals surface area contributed by atoms with Crippen molar-refractivity contribution in [2.24, 2.45) is 5.73 Å². The van der Waals surface area contributed by atoms with Gasteiger partial charge in [0.1, 0.15) is 0 Å². The van der Waals surface area contributed by atoms with Gasteiger partial charge in [0.15, 0.2) is 0 Å². The maximum Gasteiger partial charge on any atom is 0.254 e. The van der Waals surface area contributed by atoms with Gasteiger partial charge in [-0.1, -0.05) is 30.4 Å². The molecule has 4 nitrogen and oxygen atoms in total. The first kappa shape index (κ1) is 15.9. The Morgan fingerprint density at radius 1 is 1.48 bits per heavy atom. The van der Waals surface area contributed by atoms with Gasteiger partial charge < -0.3 is 15.4 Å². The molecule has 0 aromatic heterocycles. The lowest BCUT2D eigenvalue weighted by atomic mass is 10.1. The zero-order chi connectivity index (χ0) is 15.2. The molecule has 1 heterocycles. The van der Waals surface area contributed by atoms with E-state index < -0.39 is 0 Å². The number of nitrogens with zero attached hydrogens (tertiary/aromatic N) is 1. The Labute approximate surface area is 131 Å². The zero-order valence-electron chi connectivity index (χ0n) is 12.4. The number of benzene rings is 1. The molecule has 1 unspecified atom stereocenters. The van der Waals surface area contributed by atoms with Gasteiger partial charge in [-0.15, -0.1) is 0 Å². The summed E-state index contributed by atoms with van der Waals surface area (Å²) in [5.74, 6) is 0.0276. The van der Waals surface area contributed by atoms with Crippen LogP contribution in [0.3, 0.4) is 0 Å². The second-order valence-corrected chi connectivity index (χ2v) is 5.94. The van der Waals surface area contributed by atoms with Crippen molar-refractivity contribution in [3.05, 3.63) is 35.4 Å². The van der Waals surface area contributed by atoms with Crippen LogP contribution in [0.15, 0.2) is 24.3 Å². The Morgan fingerprint density at radius 3 is 2.86 bits per heavy atom. The monoisotopic (exact) mass is 306 g/mol. The van der Waals surface area contributed by atoms with Crippen LogP contribution < -0.4 is 5.73 Å². The number of nitrogens with two attached hydrogens (primary N) is 1. The van der Waals surface area contributed by atoms with Crippen LogP contribution in [0.4, 0.5) is 0 Å². The van der Waals surface area contributed by atoms with Crippen molar-refractivity contribution < 1.29 is 9.53 Å². The van der Waals surface area contributed by atoms with Crippen LogP contribution in [0.2, 0.25) is 0 Å². The maximum atomic E-state index is 12.8. The van der Waals surface area contributed by atoms with E-state index in [-0.39, 0.29) is 12.0 Å². The molecule has 0 aliphatic carbocycles. The lowest BCUT2D eigenvalue weighted by Gasteiger charge is -2.26. The molecule has 1 fully saturated rings. The van der Waals surface area contributed by atoms with Crippen molar-refractivity contribution >= 4 is 23.1 Å². The second kappa shape index (κ2) is 7.52. The molecule has 114 valence electrons. The van der Waals surface area contributed by atoms with E-state index in [1.807, 2.05) is 36.1 Å². The number of aryl methyl sites for hydroxylation is 1. The molecule has 0 spiro atoms. The van der Waals surface area contributed by atoms with Gasteiger partial charge in [0.2, 0.25) is 0 Å². The third kappa shape index (κ3) is 4.51. The smallest absolute Gasteiger partial charge is 0.254 e. The van der Waals surface area contributed by atoms with Gasteiger partial charge in [0.05, 0.1) is 11.1 Å². The van der Waals surface area contributed by atoms with Gasteiger partial charge in [0.25, 0.3) is 5.91 Å². The molecule has 1 aliphatic rings. The minimum atomic E-state index is 0.0276. The van der Waals surface area contributed by atoms with Crippen molar-refractivity contribution in [3.63, 3.8) is 0 Å². The molecular weight excluding hydrogens is 284 g/mol. The molecule has 0 radical (unpaired) electrons. The van der Waals surface area contributed by atoms with E-state index in [1.54, 1.807) is 0 Å². The number of carbonyl (C=O) groups excluding carboxylic acids is 1. The van der Waals surface area contributed by atoms with Crippen molar-refractivity contribution in [2.75, 3.05) is 19.7 Å². The lowest BCUT2D eigenvalue weighted by molar-refractivity contribution is 0.0532. The quantitative estimate of drug-likeness (QED) is 0.819. The van der Waals surface area contributed by atoms with Crippen LogP contribution >= 0.6 is 12.2 Å². The molecular formula is C16H22N2O2S. The summed E-state index contributed by atoms with van der Waals surface area (Å²) in [5.41, 5.74) is 7.30. The van der Waals surface area contributed by atoms with Crippen LogP contribution in [0.25, 0.3) is 0 Å². The topological polar surface area (TPSA) is 55.6 Å². The van der Waals surface area contributed by atoms with Crippen molar-refractivity contribution in [1.29, 1.82) is 0 Å². The highest BCUT2D eigenvalue weighted by molar-refractivity contribution is 7.80. The Hall–Kier alpha value is -1.46. The second-order valence-electron chi connectivity index (χ2n) is 5.42. The number of hydrogen-bond acceptors (Lipinski definition) is 3. The zero-order valence-corrected chi connectivity index (χ0v) is 13.2. The number of amides is 1. The largest absolute Gasteiger partial charge is 0.393 e. The first-order valence-corrected chi connectivity index (χ1v) is 7.73. The SMILES string of the molecule is Cc1ccccc1C(=O)N(CCC(N)=S)CC1CCCO1. The number of thiocarbonyl (C=S) groups is 1. The molecule has 1 atom stereocenters. The fraction of sp³-hybridized carbons (Fsp3) is 0.500. The summed E-state index contributed by atoms with van der Waals surface area (Å²) in [6.45, 7) is 3.88. The van der Waals surface area contributed by atoms with Crippen LogP contribution in [0.1, 0.15) is 35.2 Å². The van der Waals surface area contributed by atoms with Crippen LogP contribution in [0, 0.1) is 6.92 Å². The highest BCUT2D eigenvalue weighted by atomic mass is 32.1. The summed E-state index contributed by atoms with van der Waals surface area (Å²) in [6.07, 6.45) is 2.74. The predicted octanol–water partition coefficient (Wildman–Crippen LogP) is 2.29. The Balaban J connectivity index is 2.10. The summed E-state index contributed by atoms with van der Waals surface area (Å²) in [6, 6.07) is 7.63. The standard InChI is InChI=1S/C16H22N2O2S/c1-12-5-2-3-7-14(12)16(19)18(9-8-15(17)21)11-13-6-4-10-20-13/h2-3,5,7,13H,4,6,8-11H2,1H3,(H2,17,21). The summed E-state index contributed by atoms with van der Waals surface area (Å²) in [5, 5.41) is 0. The summed E-state index contributed by atoms with van der Waals surface area (Å²) in [4.78, 5) is 15.0. The van der Waals surface area contributed by atoms with Gasteiger partial charge in [-0.3, -0.25) is 4.79 Å². The van der Waals surface area contributed by atoms with E-state index in [4.69, 9.17) is 22.7 Å². The first-order valence-electron chi connectivity index (χ1n) is 7.32. The fourth-order valence-electron chi connectivity index (χ4n) is 2.54. The third-order valence-electron chi connectivity index (χ3n) is 3.74. The molecule has 21 heavy (non-hydrogen) atoms. The number of hydrogen-bond donors (Lipinski definition) is 1. The molecule has 2 N–H and O–H groups in total. The van der Waals surface area contributed by atoms with E-state index in [9.17, 15) is 4.79 Å². The average molecular weight is 306 g/mol. The van der Waals surface area contributed by atoms with E-state index in [0.29, 0.717) is 24.5 Å². The molecule has 1 amide bonds. The number of ether oxygens (including phenoxy) is 1. The molecule has 2 rings (SSSR count). The minimum Gasteiger partial charge on any atom is -0.393 e. The maximum absolute atomic E-state index is 12.8. The normalized spacial score (nSPS) is 17.7. The third-order valence-corrected chi connectivity index (χ3v) is 3.94. The van der Waals surface area contributed by atoms with Gasteiger partial charge in [0, 0.05) is 31.7 Å². The van der Waals surface area contributed by atoms with Gasteiger partial charge in [-0.05, 0) is 31.4 Å². The Morgan fingerprint density at radius 2 is 2.24 bits per heavy atom. The Kier molecular flexibility index (Phi) is 5.70. The summed E-state index contributed by atoms with van der Waals surface area (Å²) < 4.78 is 5.65. The summed E-state index contributed by atoms with van der Waals surface area (Å²) in [7, 11) is 0. The van der Waals surface area contributed by atoms with E-state index in [0.717, 1.165) is 30.6 Å². The van der Waals surface area contributed by atoms with Crippen molar-refractivity contribution in [2.45, 2.75) is 32.3 Å². The number of rotatable bonds is 6. The molecule has 5 heteroatoms. The van der Waals surface area contributed by atoms with Crippen LogP contribution in [0.5, 0.6) is 0 Å². The van der Waals surface area contributed by atoms with E-state index >= 15 is 0 Å². The van der Waals surface area contributed by atoms with Gasteiger partial charge in [-0.2, -0.15) is 0 Å². The van der Waals surface area contributed by atoms with Gasteiger partial charge >= 0.3 is 0 Å².